The van der Waals surface area contributed by atoms with Crippen LogP contribution in [0.4, 0.5) is 5.13 Å². The van der Waals surface area contributed by atoms with Crippen LogP contribution in [0.15, 0.2) is 24.3 Å². The molecule has 4 rings (SSSR count). The van der Waals surface area contributed by atoms with E-state index in [1.54, 1.807) is 0 Å². The van der Waals surface area contributed by atoms with Crippen LogP contribution in [0.25, 0.3) is 0 Å². The Morgan fingerprint density at radius 2 is 2.04 bits per heavy atom. The summed E-state index contributed by atoms with van der Waals surface area (Å²) in [6, 6.07) is 8.50. The summed E-state index contributed by atoms with van der Waals surface area (Å²) in [4.78, 5) is 12.8. The second kappa shape index (κ2) is 4.63. The van der Waals surface area contributed by atoms with Gasteiger partial charge in [0.15, 0.2) is 0 Å². The van der Waals surface area contributed by atoms with Crippen molar-refractivity contribution >= 4 is 22.4 Å². The number of carbonyl (C=O) groups excluding carboxylic acids is 1. The first kappa shape index (κ1) is 14.8. The SMILES string of the molecule is CC(C)(C)c1nnc(NC(=O)C2(C)C3Cc4ccccc4C32)s1. The van der Waals surface area contributed by atoms with Gasteiger partial charge in [0.1, 0.15) is 5.01 Å². The quantitative estimate of drug-likeness (QED) is 0.914. The third-order valence-corrected chi connectivity index (χ3v) is 6.58. The van der Waals surface area contributed by atoms with E-state index in [2.05, 4.69) is 67.5 Å². The number of rotatable bonds is 2. The van der Waals surface area contributed by atoms with Gasteiger partial charge in [-0.3, -0.25) is 4.79 Å². The van der Waals surface area contributed by atoms with Gasteiger partial charge in [-0.05, 0) is 30.4 Å². The second-order valence-electron chi connectivity index (χ2n) is 7.89. The summed E-state index contributed by atoms with van der Waals surface area (Å²) in [5.41, 5.74) is 2.41. The zero-order valence-corrected chi connectivity index (χ0v) is 14.7. The first-order valence-corrected chi connectivity index (χ1v) is 8.86. The Morgan fingerprint density at radius 1 is 1.30 bits per heavy atom. The normalized spacial score (nSPS) is 28.2. The lowest BCUT2D eigenvalue weighted by Crippen LogP contribution is -2.26. The van der Waals surface area contributed by atoms with Crippen LogP contribution in [0.3, 0.4) is 0 Å². The maximum atomic E-state index is 12.8. The van der Waals surface area contributed by atoms with Crippen molar-refractivity contribution in [3.63, 3.8) is 0 Å². The van der Waals surface area contributed by atoms with Crippen LogP contribution in [0.1, 0.15) is 49.7 Å². The van der Waals surface area contributed by atoms with Crippen molar-refractivity contribution in [2.75, 3.05) is 5.32 Å². The van der Waals surface area contributed by atoms with Crippen LogP contribution in [0.2, 0.25) is 0 Å². The maximum Gasteiger partial charge on any atom is 0.233 e. The van der Waals surface area contributed by atoms with Crippen LogP contribution < -0.4 is 5.32 Å². The summed E-state index contributed by atoms with van der Waals surface area (Å²) in [7, 11) is 0. The van der Waals surface area contributed by atoms with Crippen LogP contribution in [0.5, 0.6) is 0 Å². The zero-order chi connectivity index (χ0) is 16.4. The van der Waals surface area contributed by atoms with Crippen molar-refractivity contribution in [3.8, 4) is 0 Å². The first-order valence-electron chi connectivity index (χ1n) is 8.05. The van der Waals surface area contributed by atoms with Crippen molar-refractivity contribution in [2.45, 2.75) is 45.4 Å². The fourth-order valence-corrected chi connectivity index (χ4v) is 4.65. The molecule has 0 aliphatic heterocycles. The number of hydrogen-bond acceptors (Lipinski definition) is 4. The third kappa shape index (κ3) is 2.13. The minimum atomic E-state index is -0.304. The lowest BCUT2D eigenvalue weighted by molar-refractivity contribution is -0.121. The Hall–Kier alpha value is -1.75. The molecule has 1 aromatic heterocycles. The molecule has 1 amide bonds. The van der Waals surface area contributed by atoms with Crippen LogP contribution in [-0.4, -0.2) is 16.1 Å². The van der Waals surface area contributed by atoms with E-state index >= 15 is 0 Å². The van der Waals surface area contributed by atoms with Gasteiger partial charge in [0, 0.05) is 11.3 Å². The summed E-state index contributed by atoms with van der Waals surface area (Å²) < 4.78 is 0. The molecule has 3 unspecified atom stereocenters. The van der Waals surface area contributed by atoms with E-state index in [0.717, 1.165) is 11.4 Å². The van der Waals surface area contributed by atoms with E-state index in [0.29, 0.717) is 17.0 Å². The van der Waals surface area contributed by atoms with Crippen LogP contribution in [0, 0.1) is 11.3 Å². The molecule has 0 bridgehead atoms. The lowest BCUT2D eigenvalue weighted by atomic mass is 9.92. The van der Waals surface area contributed by atoms with Gasteiger partial charge >= 0.3 is 0 Å². The smallest absolute Gasteiger partial charge is 0.233 e. The van der Waals surface area contributed by atoms with Gasteiger partial charge in [0.2, 0.25) is 11.0 Å². The number of aromatic nitrogens is 2. The number of nitrogens with zero attached hydrogens (tertiary/aromatic N) is 2. The van der Waals surface area contributed by atoms with Crippen molar-refractivity contribution in [1.29, 1.82) is 0 Å². The molecule has 2 aliphatic carbocycles. The molecule has 2 aliphatic rings. The van der Waals surface area contributed by atoms with E-state index in [4.69, 9.17) is 0 Å². The topological polar surface area (TPSA) is 54.9 Å². The zero-order valence-electron chi connectivity index (χ0n) is 13.9. The van der Waals surface area contributed by atoms with Gasteiger partial charge in [-0.15, -0.1) is 10.2 Å². The molecular weight excluding hydrogens is 306 g/mol. The average molecular weight is 327 g/mol. The van der Waals surface area contributed by atoms with Crippen LogP contribution in [-0.2, 0) is 16.6 Å². The molecule has 1 heterocycles. The summed E-state index contributed by atoms with van der Waals surface area (Å²) >= 11 is 1.47. The highest BCUT2D eigenvalue weighted by Crippen LogP contribution is 2.70. The lowest BCUT2D eigenvalue weighted by Gasteiger charge is -2.16. The van der Waals surface area contributed by atoms with E-state index < -0.39 is 0 Å². The second-order valence-corrected chi connectivity index (χ2v) is 8.86. The molecule has 1 fully saturated rings. The Bertz CT molecular complexity index is 792. The fraction of sp³-hybridized carbons (Fsp3) is 0.500. The predicted octanol–water partition coefficient (Wildman–Crippen LogP) is 3.75. The van der Waals surface area contributed by atoms with Crippen molar-refractivity contribution < 1.29 is 4.79 Å². The molecule has 2 aromatic rings. The molecule has 120 valence electrons. The number of nitrogens with one attached hydrogen (secondary N) is 1. The Balaban J connectivity index is 1.52. The average Bonchev–Trinajstić information content (AvgIpc) is 2.89. The third-order valence-electron chi connectivity index (χ3n) is 5.32. The summed E-state index contributed by atoms with van der Waals surface area (Å²) in [5.74, 6) is 0.863. The van der Waals surface area contributed by atoms with Crippen molar-refractivity contribution in [1.82, 2.24) is 10.2 Å². The number of fused-ring (bicyclic) bond motifs is 3. The van der Waals surface area contributed by atoms with E-state index in [9.17, 15) is 4.79 Å². The first-order chi connectivity index (χ1) is 10.8. The van der Waals surface area contributed by atoms with Gasteiger partial charge in [-0.2, -0.15) is 0 Å². The van der Waals surface area contributed by atoms with Crippen LogP contribution >= 0.6 is 11.3 Å². The molecule has 5 heteroatoms. The van der Waals surface area contributed by atoms with Gasteiger partial charge in [-0.1, -0.05) is 56.4 Å². The minimum absolute atomic E-state index is 0.0421. The Kier molecular flexibility index (Phi) is 2.98. The highest BCUT2D eigenvalue weighted by Gasteiger charge is 2.69. The van der Waals surface area contributed by atoms with E-state index in [1.165, 1.54) is 22.5 Å². The predicted molar refractivity (Wildman–Crippen MR) is 91.7 cm³/mol. The molecule has 1 aromatic carbocycles. The molecule has 3 atom stereocenters. The fourth-order valence-electron chi connectivity index (χ4n) is 3.85. The number of hydrogen-bond donors (Lipinski definition) is 1. The Labute approximate surface area is 140 Å². The number of anilines is 1. The molecular formula is C18H21N3OS. The molecule has 4 nitrogen and oxygen atoms in total. The molecule has 0 saturated heterocycles. The molecule has 1 N–H and O–H groups in total. The highest BCUT2D eigenvalue weighted by molar-refractivity contribution is 7.15. The van der Waals surface area contributed by atoms with Gasteiger partial charge < -0.3 is 5.32 Å². The van der Waals surface area contributed by atoms with E-state index in [1.807, 2.05) is 0 Å². The molecule has 0 radical (unpaired) electrons. The highest BCUT2D eigenvalue weighted by atomic mass is 32.1. The summed E-state index contributed by atoms with van der Waals surface area (Å²) in [6.07, 6.45) is 1.01. The maximum absolute atomic E-state index is 12.8. The number of carbonyl (C=O) groups is 1. The van der Waals surface area contributed by atoms with Gasteiger partial charge in [0.25, 0.3) is 0 Å². The summed E-state index contributed by atoms with van der Waals surface area (Å²) in [5, 5.41) is 12.9. The Morgan fingerprint density at radius 3 is 2.74 bits per heavy atom. The van der Waals surface area contributed by atoms with Crippen molar-refractivity contribution in [3.05, 3.63) is 40.4 Å². The van der Waals surface area contributed by atoms with E-state index in [-0.39, 0.29) is 16.7 Å². The monoisotopic (exact) mass is 327 g/mol. The number of benzene rings is 1. The van der Waals surface area contributed by atoms with Gasteiger partial charge in [-0.25, -0.2) is 0 Å². The minimum Gasteiger partial charge on any atom is -0.300 e. The molecule has 1 saturated carbocycles. The molecule has 0 spiro atoms. The number of amides is 1. The summed E-state index contributed by atoms with van der Waals surface area (Å²) in [6.45, 7) is 8.38. The van der Waals surface area contributed by atoms with Crippen molar-refractivity contribution in [2.24, 2.45) is 11.3 Å². The standard InChI is InChI=1S/C18H21N3OS/c1-17(2,3)15-20-21-16(23-15)19-14(22)18(4)12-9-10-7-5-6-8-11(10)13(12)18/h5-8,12-13H,9H2,1-4H3,(H,19,21,22). The van der Waals surface area contributed by atoms with Gasteiger partial charge in [0.05, 0.1) is 5.41 Å². The molecule has 23 heavy (non-hydrogen) atoms. The largest absolute Gasteiger partial charge is 0.300 e.